The second kappa shape index (κ2) is 13.2. The zero-order valence-corrected chi connectivity index (χ0v) is 28.3. The Morgan fingerprint density at radius 2 is 1.65 bits per heavy atom. The van der Waals surface area contributed by atoms with Crippen LogP contribution in [0.5, 0.6) is 0 Å². The highest BCUT2D eigenvalue weighted by molar-refractivity contribution is 5.75. The number of quaternary nitrogens is 1. The second-order valence-electron chi connectivity index (χ2n) is 16.5. The Kier molecular flexibility index (Phi) is 10.9. The lowest BCUT2D eigenvalue weighted by atomic mass is 9.44. The van der Waals surface area contributed by atoms with Gasteiger partial charge in [0, 0.05) is 25.3 Å². The molecule has 5 rings (SSSR count). The summed E-state index contributed by atoms with van der Waals surface area (Å²) in [5, 5.41) is 13.6. The molecule has 0 aromatic rings. The molecule has 9 atom stereocenters. The third-order valence-electron chi connectivity index (χ3n) is 13.7. The number of nitrogens with zero attached hydrogens (tertiary/aromatic N) is 1. The van der Waals surface area contributed by atoms with E-state index in [1.807, 2.05) is 0 Å². The third-order valence-corrected chi connectivity index (χ3v) is 13.7. The van der Waals surface area contributed by atoms with Gasteiger partial charge in [0.1, 0.15) is 0 Å². The van der Waals surface area contributed by atoms with Gasteiger partial charge in [-0.15, -0.1) is 0 Å². The fourth-order valence-electron chi connectivity index (χ4n) is 11.6. The summed E-state index contributed by atoms with van der Waals surface area (Å²) in [5.41, 5.74) is 0.938. The largest absolute Gasteiger partial charge is 1.00 e. The van der Waals surface area contributed by atoms with Gasteiger partial charge in [0.05, 0.1) is 33.3 Å². The lowest BCUT2D eigenvalue weighted by molar-refractivity contribution is -0.893. The number of hydrogen-bond donors (Lipinski definition) is 2. The van der Waals surface area contributed by atoms with E-state index in [0.717, 1.165) is 78.8 Å². The number of halogens is 1. The molecule has 5 fully saturated rings. The Labute approximate surface area is 257 Å². The van der Waals surface area contributed by atoms with Gasteiger partial charge in [0.25, 0.3) is 0 Å². The van der Waals surface area contributed by atoms with Crippen LogP contribution in [0.2, 0.25) is 0 Å². The van der Waals surface area contributed by atoms with E-state index in [-0.39, 0.29) is 29.0 Å². The standard InChI is InChI=1S/C35H62N2O2.BrH/c1-25(11-16-33(39)36-21-8-22-37(4,5)24-26-9-6-7-10-26)30-14-15-31-29-13-12-27-23-28(38)17-19-34(27,2)32(29)18-20-35(30,31)3;/h25-32,38H,6-24H2,1-5H3;1H/t25?,27?,28-,29?,30-,31?,32?,34+,35-;/m1./s1. The summed E-state index contributed by atoms with van der Waals surface area (Å²) in [5.74, 6) is 6.02. The van der Waals surface area contributed by atoms with Crippen LogP contribution in [0.1, 0.15) is 124 Å². The summed E-state index contributed by atoms with van der Waals surface area (Å²) >= 11 is 0. The first kappa shape index (κ1) is 32.8. The smallest absolute Gasteiger partial charge is 0.220 e. The quantitative estimate of drug-likeness (QED) is 0.283. The second-order valence-corrected chi connectivity index (χ2v) is 16.5. The molecule has 5 aliphatic carbocycles. The number of rotatable bonds is 10. The average molecular weight is 624 g/mol. The van der Waals surface area contributed by atoms with Crippen molar-refractivity contribution < 1.29 is 31.4 Å². The predicted octanol–water partition coefficient (Wildman–Crippen LogP) is 4.20. The van der Waals surface area contributed by atoms with Crippen molar-refractivity contribution in [2.75, 3.05) is 33.7 Å². The SMILES string of the molecule is CC(CCC(=O)NCCC[N+](C)(C)CC1CCCC1)[C@H]1CCC2C3CCC4C[C@H](O)CC[C@]4(C)C3CC[C@@]21C.[Br-]. The minimum atomic E-state index is -0.0463. The Balaban J connectivity index is 0.00000370. The zero-order valence-electron chi connectivity index (χ0n) is 26.7. The summed E-state index contributed by atoms with van der Waals surface area (Å²) < 4.78 is 1.10. The minimum Gasteiger partial charge on any atom is -1.00 e. The van der Waals surface area contributed by atoms with Crippen molar-refractivity contribution in [3.63, 3.8) is 0 Å². The van der Waals surface area contributed by atoms with Crippen LogP contribution >= 0.6 is 0 Å². The van der Waals surface area contributed by atoms with Gasteiger partial charge in [0.15, 0.2) is 0 Å². The molecule has 232 valence electrons. The van der Waals surface area contributed by atoms with Crippen molar-refractivity contribution in [3.05, 3.63) is 0 Å². The molecular weight excluding hydrogens is 560 g/mol. The molecule has 1 amide bonds. The summed E-state index contributed by atoms with van der Waals surface area (Å²) in [6.07, 6.45) is 20.1. The maximum Gasteiger partial charge on any atom is 0.220 e. The maximum absolute atomic E-state index is 12.8. The summed E-state index contributed by atoms with van der Waals surface area (Å²) in [6.45, 7) is 11.0. The Morgan fingerprint density at radius 3 is 2.40 bits per heavy atom. The first-order valence-corrected chi connectivity index (χ1v) is 17.3. The van der Waals surface area contributed by atoms with Crippen LogP contribution in [0.25, 0.3) is 0 Å². The lowest BCUT2D eigenvalue weighted by Crippen LogP contribution is -3.00. The molecule has 0 spiro atoms. The highest BCUT2D eigenvalue weighted by Gasteiger charge is 2.60. The summed E-state index contributed by atoms with van der Waals surface area (Å²) in [7, 11) is 4.74. The lowest BCUT2D eigenvalue weighted by Gasteiger charge is -2.61. The third kappa shape index (κ3) is 6.82. The van der Waals surface area contributed by atoms with E-state index in [1.165, 1.54) is 77.2 Å². The molecule has 2 N–H and O–H groups in total. The van der Waals surface area contributed by atoms with Gasteiger partial charge in [-0.25, -0.2) is 0 Å². The van der Waals surface area contributed by atoms with Gasteiger partial charge in [0.2, 0.25) is 5.91 Å². The molecule has 0 aliphatic heterocycles. The Hall–Kier alpha value is -0.130. The van der Waals surface area contributed by atoms with Crippen LogP contribution in [0.15, 0.2) is 0 Å². The topological polar surface area (TPSA) is 49.3 Å². The highest BCUT2D eigenvalue weighted by atomic mass is 79.9. The summed E-state index contributed by atoms with van der Waals surface area (Å²) in [6, 6.07) is 0. The summed E-state index contributed by atoms with van der Waals surface area (Å²) in [4.78, 5) is 12.8. The van der Waals surface area contributed by atoms with E-state index in [2.05, 4.69) is 40.2 Å². The van der Waals surface area contributed by atoms with Crippen molar-refractivity contribution >= 4 is 5.91 Å². The fraction of sp³-hybridized carbons (Fsp3) is 0.971. The van der Waals surface area contributed by atoms with Crippen LogP contribution < -0.4 is 22.3 Å². The number of fused-ring (bicyclic) bond motifs is 5. The van der Waals surface area contributed by atoms with Crippen molar-refractivity contribution in [2.24, 2.45) is 52.3 Å². The van der Waals surface area contributed by atoms with Crippen molar-refractivity contribution in [2.45, 2.75) is 130 Å². The number of aliphatic hydroxyl groups is 1. The Bertz CT molecular complexity index is 843. The molecular formula is C35H63BrN2O2. The Morgan fingerprint density at radius 1 is 0.950 bits per heavy atom. The fourth-order valence-corrected chi connectivity index (χ4v) is 11.6. The van der Waals surface area contributed by atoms with E-state index in [1.54, 1.807) is 0 Å². The molecule has 5 unspecified atom stereocenters. The molecule has 0 bridgehead atoms. The van der Waals surface area contributed by atoms with Crippen molar-refractivity contribution in [1.29, 1.82) is 0 Å². The van der Waals surface area contributed by atoms with Crippen LogP contribution in [0, 0.1) is 52.3 Å². The molecule has 0 aromatic heterocycles. The van der Waals surface area contributed by atoms with Crippen LogP contribution in [0.4, 0.5) is 0 Å². The van der Waals surface area contributed by atoms with E-state index in [0.29, 0.717) is 23.2 Å². The first-order chi connectivity index (χ1) is 18.5. The van der Waals surface area contributed by atoms with Crippen molar-refractivity contribution in [3.8, 4) is 0 Å². The number of aliphatic hydroxyl groups excluding tert-OH is 1. The average Bonchev–Trinajstić information content (AvgIpc) is 3.52. The zero-order chi connectivity index (χ0) is 27.8. The molecule has 0 saturated heterocycles. The van der Waals surface area contributed by atoms with Crippen LogP contribution in [-0.2, 0) is 4.79 Å². The van der Waals surface area contributed by atoms with Gasteiger partial charge < -0.3 is 31.9 Å². The molecule has 40 heavy (non-hydrogen) atoms. The van der Waals surface area contributed by atoms with Crippen LogP contribution in [0.3, 0.4) is 0 Å². The highest BCUT2D eigenvalue weighted by Crippen LogP contribution is 2.68. The molecule has 5 aliphatic rings. The molecule has 0 radical (unpaired) electrons. The van der Waals surface area contributed by atoms with E-state index in [4.69, 9.17) is 0 Å². The molecule has 0 heterocycles. The van der Waals surface area contributed by atoms with E-state index >= 15 is 0 Å². The number of amides is 1. The first-order valence-electron chi connectivity index (χ1n) is 17.3. The number of hydrogen-bond acceptors (Lipinski definition) is 2. The maximum atomic E-state index is 12.8. The van der Waals surface area contributed by atoms with Crippen molar-refractivity contribution in [1.82, 2.24) is 5.32 Å². The molecule has 0 aromatic carbocycles. The van der Waals surface area contributed by atoms with E-state index in [9.17, 15) is 9.90 Å². The predicted molar refractivity (Wildman–Crippen MR) is 161 cm³/mol. The number of carbonyl (C=O) groups is 1. The minimum absolute atomic E-state index is 0. The van der Waals surface area contributed by atoms with Gasteiger partial charge in [-0.1, -0.05) is 33.6 Å². The van der Waals surface area contributed by atoms with Gasteiger partial charge in [-0.05, 0) is 123 Å². The molecule has 5 heteroatoms. The normalized spacial score (nSPS) is 40.5. The molecule has 5 saturated carbocycles. The van der Waals surface area contributed by atoms with Gasteiger partial charge >= 0.3 is 0 Å². The van der Waals surface area contributed by atoms with Crippen LogP contribution in [-0.4, -0.2) is 55.3 Å². The van der Waals surface area contributed by atoms with Gasteiger partial charge in [-0.2, -0.15) is 0 Å². The monoisotopic (exact) mass is 622 g/mol. The van der Waals surface area contributed by atoms with Gasteiger partial charge in [-0.3, -0.25) is 4.79 Å². The van der Waals surface area contributed by atoms with E-state index < -0.39 is 0 Å². The molecule has 4 nitrogen and oxygen atoms in total. The number of carbonyl (C=O) groups excluding carboxylic acids is 1. The number of nitrogens with one attached hydrogen (secondary N) is 1.